The van der Waals surface area contributed by atoms with Crippen LogP contribution in [0, 0.1) is 0 Å². The van der Waals surface area contributed by atoms with Crippen LogP contribution in [0.5, 0.6) is 0 Å². The number of aliphatic imine (C=N–C) groups is 1. The van der Waals surface area contributed by atoms with Gasteiger partial charge in [0.1, 0.15) is 0 Å². The largest absolute Gasteiger partial charge is 0.356 e. The lowest BCUT2D eigenvalue weighted by Crippen LogP contribution is -2.48. The normalized spacial score (nSPS) is 13.3. The maximum Gasteiger partial charge on any atom is 0.239 e. The van der Waals surface area contributed by atoms with Gasteiger partial charge in [-0.25, -0.2) is 0 Å². The molecular formula is C15H31N5O2. The van der Waals surface area contributed by atoms with Crippen molar-refractivity contribution in [3.8, 4) is 0 Å². The van der Waals surface area contributed by atoms with Gasteiger partial charge < -0.3 is 21.3 Å². The van der Waals surface area contributed by atoms with Crippen molar-refractivity contribution in [1.29, 1.82) is 0 Å². The highest BCUT2D eigenvalue weighted by molar-refractivity contribution is 5.87. The van der Waals surface area contributed by atoms with Crippen molar-refractivity contribution in [2.24, 2.45) is 4.99 Å². The molecule has 0 aliphatic heterocycles. The molecule has 1 unspecified atom stereocenters. The van der Waals surface area contributed by atoms with Gasteiger partial charge in [-0.3, -0.25) is 14.6 Å². The Morgan fingerprint density at radius 3 is 2.27 bits per heavy atom. The van der Waals surface area contributed by atoms with Gasteiger partial charge in [0.15, 0.2) is 5.96 Å². The fourth-order valence-corrected chi connectivity index (χ4v) is 1.59. The SMILES string of the molecule is CCC(C)NC(=O)CCNC(=NC)NCC(=O)NC(C)(C)C. The van der Waals surface area contributed by atoms with Gasteiger partial charge in [0.25, 0.3) is 0 Å². The number of nitrogens with zero attached hydrogens (tertiary/aromatic N) is 1. The summed E-state index contributed by atoms with van der Waals surface area (Å²) in [5, 5.41) is 11.7. The van der Waals surface area contributed by atoms with Crippen molar-refractivity contribution >= 4 is 17.8 Å². The van der Waals surface area contributed by atoms with Gasteiger partial charge in [-0.2, -0.15) is 0 Å². The Kier molecular flexibility index (Phi) is 9.21. The first-order valence-electron chi connectivity index (χ1n) is 7.72. The van der Waals surface area contributed by atoms with Gasteiger partial charge in [0.2, 0.25) is 11.8 Å². The predicted octanol–water partition coefficient (Wildman–Crippen LogP) is 0.371. The molecule has 22 heavy (non-hydrogen) atoms. The third kappa shape index (κ3) is 10.9. The molecular weight excluding hydrogens is 282 g/mol. The third-order valence-electron chi connectivity index (χ3n) is 2.82. The third-order valence-corrected chi connectivity index (χ3v) is 2.82. The number of amides is 2. The van der Waals surface area contributed by atoms with E-state index in [0.717, 1.165) is 6.42 Å². The summed E-state index contributed by atoms with van der Waals surface area (Å²) in [6.45, 7) is 10.4. The van der Waals surface area contributed by atoms with E-state index < -0.39 is 0 Å². The second kappa shape index (κ2) is 10.0. The van der Waals surface area contributed by atoms with Gasteiger partial charge >= 0.3 is 0 Å². The molecule has 0 aromatic rings. The molecule has 128 valence electrons. The number of guanidine groups is 1. The van der Waals surface area contributed by atoms with Crippen molar-refractivity contribution in [3.63, 3.8) is 0 Å². The Morgan fingerprint density at radius 2 is 1.77 bits per heavy atom. The van der Waals surface area contributed by atoms with Crippen LogP contribution in [-0.4, -0.2) is 49.5 Å². The Bertz CT molecular complexity index is 388. The number of hydrogen-bond donors (Lipinski definition) is 4. The van der Waals surface area contributed by atoms with Gasteiger partial charge in [-0.05, 0) is 34.1 Å². The van der Waals surface area contributed by atoms with Gasteiger partial charge in [0.05, 0.1) is 6.54 Å². The molecule has 0 spiro atoms. The fraction of sp³-hybridized carbons (Fsp3) is 0.800. The molecule has 0 rings (SSSR count). The lowest BCUT2D eigenvalue weighted by molar-refractivity contribution is -0.122. The molecule has 0 aromatic carbocycles. The number of rotatable bonds is 7. The Balaban J connectivity index is 3.99. The van der Waals surface area contributed by atoms with Gasteiger partial charge in [-0.1, -0.05) is 6.92 Å². The van der Waals surface area contributed by atoms with Crippen LogP contribution in [-0.2, 0) is 9.59 Å². The first-order chi connectivity index (χ1) is 10.2. The maximum atomic E-state index is 11.7. The summed E-state index contributed by atoms with van der Waals surface area (Å²) in [5.41, 5.74) is -0.260. The lowest BCUT2D eigenvalue weighted by Gasteiger charge is -2.21. The average Bonchev–Trinajstić information content (AvgIpc) is 2.40. The van der Waals surface area contributed by atoms with Crippen LogP contribution < -0.4 is 21.3 Å². The molecule has 2 amide bonds. The van der Waals surface area contributed by atoms with Crippen molar-refractivity contribution in [2.75, 3.05) is 20.1 Å². The minimum absolute atomic E-state index is 0.00257. The first-order valence-corrected chi connectivity index (χ1v) is 7.72. The smallest absolute Gasteiger partial charge is 0.239 e. The van der Waals surface area contributed by atoms with E-state index in [2.05, 4.69) is 26.3 Å². The first kappa shape index (κ1) is 20.2. The monoisotopic (exact) mass is 313 g/mol. The molecule has 1 atom stereocenters. The number of carbonyl (C=O) groups excluding carboxylic acids is 2. The summed E-state index contributed by atoms with van der Waals surface area (Å²) >= 11 is 0. The van der Waals surface area contributed by atoms with Crippen LogP contribution in [0.1, 0.15) is 47.5 Å². The van der Waals surface area contributed by atoms with E-state index in [1.807, 2.05) is 34.6 Å². The zero-order valence-electron chi connectivity index (χ0n) is 14.7. The molecule has 0 aromatic heterocycles. The van der Waals surface area contributed by atoms with Gasteiger partial charge in [0, 0.05) is 31.6 Å². The summed E-state index contributed by atoms with van der Waals surface area (Å²) < 4.78 is 0. The van der Waals surface area contributed by atoms with Gasteiger partial charge in [-0.15, -0.1) is 0 Å². The van der Waals surface area contributed by atoms with E-state index in [4.69, 9.17) is 0 Å². The second-order valence-corrected chi connectivity index (χ2v) is 6.28. The van der Waals surface area contributed by atoms with Crippen LogP contribution >= 0.6 is 0 Å². The molecule has 0 heterocycles. The molecule has 7 heteroatoms. The molecule has 0 saturated heterocycles. The van der Waals surface area contributed by atoms with Crippen LogP contribution in [0.4, 0.5) is 0 Å². The topological polar surface area (TPSA) is 94.6 Å². The highest BCUT2D eigenvalue weighted by atomic mass is 16.2. The van der Waals surface area contributed by atoms with Crippen molar-refractivity contribution < 1.29 is 9.59 Å². The molecule has 7 nitrogen and oxygen atoms in total. The van der Waals surface area contributed by atoms with Crippen molar-refractivity contribution in [3.05, 3.63) is 0 Å². The van der Waals surface area contributed by atoms with E-state index in [9.17, 15) is 9.59 Å². The van der Waals surface area contributed by atoms with E-state index >= 15 is 0 Å². The lowest BCUT2D eigenvalue weighted by atomic mass is 10.1. The van der Waals surface area contributed by atoms with Crippen molar-refractivity contribution in [1.82, 2.24) is 21.3 Å². The summed E-state index contributed by atoms with van der Waals surface area (Å²) in [6, 6.07) is 0.186. The number of hydrogen-bond acceptors (Lipinski definition) is 3. The van der Waals surface area contributed by atoms with E-state index in [-0.39, 0.29) is 29.9 Å². The zero-order chi connectivity index (χ0) is 17.2. The molecule has 4 N–H and O–H groups in total. The summed E-state index contributed by atoms with van der Waals surface area (Å²) in [7, 11) is 1.62. The Hall–Kier alpha value is -1.79. The highest BCUT2D eigenvalue weighted by Crippen LogP contribution is 1.97. The summed E-state index contributed by atoms with van der Waals surface area (Å²) in [4.78, 5) is 27.3. The molecule has 0 aliphatic carbocycles. The molecule has 0 fully saturated rings. The van der Waals surface area contributed by atoms with E-state index in [1.165, 1.54) is 0 Å². The van der Waals surface area contributed by atoms with Crippen LogP contribution in [0.2, 0.25) is 0 Å². The van der Waals surface area contributed by atoms with Crippen LogP contribution in [0.15, 0.2) is 4.99 Å². The summed E-state index contributed by atoms with van der Waals surface area (Å²) in [5.74, 6) is 0.396. The Labute approximate surface area is 133 Å². The minimum atomic E-state index is -0.260. The molecule has 0 aliphatic rings. The summed E-state index contributed by atoms with van der Waals surface area (Å²) in [6.07, 6.45) is 1.27. The Morgan fingerprint density at radius 1 is 1.14 bits per heavy atom. The molecule has 0 saturated carbocycles. The fourth-order valence-electron chi connectivity index (χ4n) is 1.59. The standard InChI is InChI=1S/C15H31N5O2/c1-7-11(2)19-12(21)8-9-17-14(16-6)18-10-13(22)20-15(3,4)5/h11H,7-10H2,1-6H3,(H,19,21)(H,20,22)(H2,16,17,18). The van der Waals surface area contributed by atoms with E-state index in [0.29, 0.717) is 18.9 Å². The number of carbonyl (C=O) groups is 2. The minimum Gasteiger partial charge on any atom is -0.356 e. The van der Waals surface area contributed by atoms with E-state index in [1.54, 1.807) is 7.05 Å². The quantitative estimate of drug-likeness (QED) is 0.403. The highest BCUT2D eigenvalue weighted by Gasteiger charge is 2.13. The zero-order valence-corrected chi connectivity index (χ0v) is 14.7. The van der Waals surface area contributed by atoms with Crippen molar-refractivity contribution in [2.45, 2.75) is 59.0 Å². The van der Waals surface area contributed by atoms with Crippen LogP contribution in [0.25, 0.3) is 0 Å². The van der Waals surface area contributed by atoms with Crippen LogP contribution in [0.3, 0.4) is 0 Å². The predicted molar refractivity (Wildman–Crippen MR) is 89.8 cm³/mol. The maximum absolute atomic E-state index is 11.7. The molecule has 0 radical (unpaired) electrons. The average molecular weight is 313 g/mol. The number of nitrogens with one attached hydrogen (secondary N) is 4. The molecule has 0 bridgehead atoms. The second-order valence-electron chi connectivity index (χ2n) is 6.28.